The zero-order chi connectivity index (χ0) is 14.8. The van der Waals surface area contributed by atoms with Gasteiger partial charge in [-0.2, -0.15) is 4.31 Å². The van der Waals surface area contributed by atoms with Crippen LogP contribution in [0, 0.1) is 0 Å². The van der Waals surface area contributed by atoms with Gasteiger partial charge in [-0.25, -0.2) is 8.42 Å². The first-order chi connectivity index (χ1) is 9.46. The van der Waals surface area contributed by atoms with Crippen molar-refractivity contribution in [1.29, 1.82) is 0 Å². The Morgan fingerprint density at radius 2 is 2.20 bits per heavy atom. The lowest BCUT2D eigenvalue weighted by atomic mass is 10.0. The summed E-state index contributed by atoms with van der Waals surface area (Å²) in [4.78, 5) is 0.380. The number of nitrogens with zero attached hydrogens (tertiary/aromatic N) is 1. The van der Waals surface area contributed by atoms with E-state index >= 15 is 0 Å². The molecule has 4 nitrogen and oxygen atoms in total. The number of hydrogen-bond acceptors (Lipinski definition) is 4. The van der Waals surface area contributed by atoms with Gasteiger partial charge in [-0.05, 0) is 70.8 Å². The number of nitrogens with one attached hydrogen (secondary N) is 1. The van der Waals surface area contributed by atoms with Gasteiger partial charge in [0.2, 0.25) is 10.0 Å². The molecular formula is C12H18Br2N2O2S2. The molecule has 1 atom stereocenters. The molecule has 8 heteroatoms. The van der Waals surface area contributed by atoms with Crippen LogP contribution in [0.4, 0.5) is 0 Å². The summed E-state index contributed by atoms with van der Waals surface area (Å²) in [6, 6.07) is 1.79. The molecule has 1 aromatic rings. The Hall–Kier alpha value is 0.530. The van der Waals surface area contributed by atoms with E-state index in [9.17, 15) is 8.42 Å². The molecule has 1 unspecified atom stereocenters. The minimum atomic E-state index is -3.41. The van der Waals surface area contributed by atoms with E-state index in [-0.39, 0.29) is 6.04 Å². The molecule has 1 aromatic heterocycles. The van der Waals surface area contributed by atoms with Crippen molar-refractivity contribution in [3.05, 3.63) is 13.6 Å². The van der Waals surface area contributed by atoms with Gasteiger partial charge >= 0.3 is 0 Å². The average Bonchev–Trinajstić information content (AvgIpc) is 2.76. The molecule has 0 bridgehead atoms. The monoisotopic (exact) mass is 444 g/mol. The van der Waals surface area contributed by atoms with Gasteiger partial charge < -0.3 is 5.32 Å². The molecule has 1 N–H and O–H groups in total. The van der Waals surface area contributed by atoms with Crippen molar-refractivity contribution in [2.24, 2.45) is 0 Å². The molecule has 0 saturated carbocycles. The molecule has 0 amide bonds. The molecular weight excluding hydrogens is 428 g/mol. The lowest BCUT2D eigenvalue weighted by molar-refractivity contribution is 0.240. The topological polar surface area (TPSA) is 49.4 Å². The van der Waals surface area contributed by atoms with Crippen molar-refractivity contribution >= 4 is 53.2 Å². The van der Waals surface area contributed by atoms with E-state index in [1.807, 2.05) is 7.05 Å². The maximum absolute atomic E-state index is 12.9. The van der Waals surface area contributed by atoms with Crippen LogP contribution in [0.3, 0.4) is 0 Å². The van der Waals surface area contributed by atoms with Crippen molar-refractivity contribution in [1.82, 2.24) is 9.62 Å². The summed E-state index contributed by atoms with van der Waals surface area (Å²) in [5.41, 5.74) is 0. The van der Waals surface area contributed by atoms with Crippen molar-refractivity contribution in [3.8, 4) is 0 Å². The normalized spacial score (nSPS) is 21.2. The van der Waals surface area contributed by atoms with Crippen molar-refractivity contribution in [2.75, 3.05) is 20.1 Å². The van der Waals surface area contributed by atoms with Gasteiger partial charge in [0.25, 0.3) is 0 Å². The first-order valence-corrected chi connectivity index (χ1v) is 10.4. The van der Waals surface area contributed by atoms with Gasteiger partial charge in [0.05, 0.1) is 7.57 Å². The average molecular weight is 446 g/mol. The van der Waals surface area contributed by atoms with Crippen molar-refractivity contribution in [2.45, 2.75) is 36.6 Å². The number of piperidine rings is 1. The van der Waals surface area contributed by atoms with Gasteiger partial charge in [0, 0.05) is 12.6 Å². The van der Waals surface area contributed by atoms with Crippen LogP contribution >= 0.6 is 43.2 Å². The molecule has 1 aliphatic rings. The predicted octanol–water partition coefficient (Wildman–Crippen LogP) is 3.43. The Balaban J connectivity index is 2.28. The molecule has 20 heavy (non-hydrogen) atoms. The van der Waals surface area contributed by atoms with Crippen molar-refractivity contribution < 1.29 is 8.42 Å². The van der Waals surface area contributed by atoms with Crippen molar-refractivity contribution in [3.63, 3.8) is 0 Å². The summed E-state index contributed by atoms with van der Waals surface area (Å²) in [6.45, 7) is 1.46. The highest BCUT2D eigenvalue weighted by Gasteiger charge is 2.35. The van der Waals surface area contributed by atoms with E-state index in [0.29, 0.717) is 15.2 Å². The third kappa shape index (κ3) is 3.64. The maximum Gasteiger partial charge on any atom is 0.245 e. The fourth-order valence-corrected chi connectivity index (χ4v) is 8.00. The van der Waals surface area contributed by atoms with Gasteiger partial charge in [0.1, 0.15) is 4.90 Å². The molecule has 2 heterocycles. The molecule has 0 aromatic carbocycles. The van der Waals surface area contributed by atoms with Crippen LogP contribution in [-0.2, 0) is 10.0 Å². The van der Waals surface area contributed by atoms with Crippen LogP contribution in [0.5, 0.6) is 0 Å². The number of halogens is 2. The zero-order valence-electron chi connectivity index (χ0n) is 11.2. The summed E-state index contributed by atoms with van der Waals surface area (Å²) < 4.78 is 28.9. The first kappa shape index (κ1) is 16.9. The predicted molar refractivity (Wildman–Crippen MR) is 89.8 cm³/mol. The smallest absolute Gasteiger partial charge is 0.245 e. The van der Waals surface area contributed by atoms with E-state index in [1.54, 1.807) is 10.4 Å². The lowest BCUT2D eigenvalue weighted by Gasteiger charge is -2.34. The van der Waals surface area contributed by atoms with Crippen LogP contribution < -0.4 is 5.32 Å². The number of sulfonamides is 1. The molecule has 1 saturated heterocycles. The van der Waals surface area contributed by atoms with Gasteiger partial charge in [-0.1, -0.05) is 6.42 Å². The second-order valence-corrected chi connectivity index (χ2v) is 10.5. The summed E-state index contributed by atoms with van der Waals surface area (Å²) in [5, 5.41) is 3.11. The minimum absolute atomic E-state index is 0.103. The Morgan fingerprint density at radius 1 is 1.45 bits per heavy atom. The highest BCUT2D eigenvalue weighted by atomic mass is 79.9. The molecule has 2 rings (SSSR count). The van der Waals surface area contributed by atoms with Crippen LogP contribution in [0.15, 0.2) is 18.5 Å². The van der Waals surface area contributed by atoms with E-state index in [0.717, 1.165) is 36.0 Å². The number of thiophene rings is 1. The highest BCUT2D eigenvalue weighted by Crippen LogP contribution is 2.38. The van der Waals surface area contributed by atoms with E-state index in [1.165, 1.54) is 11.3 Å². The van der Waals surface area contributed by atoms with E-state index in [2.05, 4.69) is 37.2 Å². The quantitative estimate of drug-likeness (QED) is 0.755. The third-order valence-electron chi connectivity index (χ3n) is 3.51. The van der Waals surface area contributed by atoms with E-state index in [4.69, 9.17) is 0 Å². The first-order valence-electron chi connectivity index (χ1n) is 6.58. The second kappa shape index (κ2) is 7.19. The standard InChI is InChI=1S/C12H18Br2N2O2S2/c1-15-6-5-9-4-2-3-7-16(9)20(17,18)10-8-11(13)19-12(10)14/h8-9,15H,2-7H2,1H3. The molecule has 1 fully saturated rings. The number of hydrogen-bond donors (Lipinski definition) is 1. The fourth-order valence-electron chi connectivity index (χ4n) is 2.52. The molecule has 114 valence electrons. The minimum Gasteiger partial charge on any atom is -0.320 e. The van der Waals surface area contributed by atoms with Crippen LogP contribution in [0.25, 0.3) is 0 Å². The van der Waals surface area contributed by atoms with Gasteiger partial charge in [-0.3, -0.25) is 0 Å². The summed E-state index contributed by atoms with van der Waals surface area (Å²) in [6.07, 6.45) is 3.86. The Labute approximate surface area is 141 Å². The summed E-state index contributed by atoms with van der Waals surface area (Å²) in [5.74, 6) is 0. The largest absolute Gasteiger partial charge is 0.320 e. The van der Waals surface area contributed by atoms with Crippen LogP contribution in [-0.4, -0.2) is 38.9 Å². The SMILES string of the molecule is CNCCC1CCCCN1S(=O)(=O)c1cc(Br)sc1Br. The Bertz CT molecular complexity index is 560. The Kier molecular flexibility index (Phi) is 6.08. The number of rotatable bonds is 5. The highest BCUT2D eigenvalue weighted by molar-refractivity contribution is 9.12. The molecule has 0 radical (unpaired) electrons. The molecule has 1 aliphatic heterocycles. The third-order valence-corrected chi connectivity index (χ3v) is 8.22. The zero-order valence-corrected chi connectivity index (χ0v) is 16.0. The Morgan fingerprint density at radius 3 is 2.80 bits per heavy atom. The molecule has 0 aliphatic carbocycles. The maximum atomic E-state index is 12.9. The fraction of sp³-hybridized carbons (Fsp3) is 0.667. The van der Waals surface area contributed by atoms with Crippen LogP contribution in [0.2, 0.25) is 0 Å². The summed E-state index contributed by atoms with van der Waals surface area (Å²) in [7, 11) is -1.52. The molecule has 0 spiro atoms. The summed E-state index contributed by atoms with van der Waals surface area (Å²) >= 11 is 8.11. The lowest BCUT2D eigenvalue weighted by Crippen LogP contribution is -2.44. The van der Waals surface area contributed by atoms with Gasteiger partial charge in [0.15, 0.2) is 0 Å². The second-order valence-electron chi connectivity index (χ2n) is 4.85. The van der Waals surface area contributed by atoms with E-state index < -0.39 is 10.0 Å². The van der Waals surface area contributed by atoms with Gasteiger partial charge in [-0.15, -0.1) is 11.3 Å². The van der Waals surface area contributed by atoms with Crippen LogP contribution in [0.1, 0.15) is 25.7 Å².